The largest absolute Gasteiger partial charge is 0.367 e. The van der Waals surface area contributed by atoms with Crippen LogP contribution in [0.15, 0.2) is 35.5 Å². The lowest BCUT2D eigenvalue weighted by molar-refractivity contribution is 0.312. The minimum absolute atomic E-state index is 0.0629. The van der Waals surface area contributed by atoms with Crippen LogP contribution in [0.2, 0.25) is 0 Å². The lowest BCUT2D eigenvalue weighted by atomic mass is 10.2. The van der Waals surface area contributed by atoms with Crippen molar-refractivity contribution in [3.8, 4) is 0 Å². The van der Waals surface area contributed by atoms with Crippen molar-refractivity contribution >= 4 is 5.69 Å². The number of anilines is 1. The molecule has 21 heavy (non-hydrogen) atoms. The number of rotatable bonds is 4. The van der Waals surface area contributed by atoms with E-state index in [0.29, 0.717) is 6.54 Å². The van der Waals surface area contributed by atoms with Crippen LogP contribution >= 0.6 is 0 Å². The Morgan fingerprint density at radius 1 is 1.29 bits per heavy atom. The molecule has 0 aromatic carbocycles. The molecule has 1 N–H and O–H groups in total. The Morgan fingerprint density at radius 2 is 2.10 bits per heavy atom. The van der Waals surface area contributed by atoms with Gasteiger partial charge >= 0.3 is 5.69 Å². The van der Waals surface area contributed by atoms with Gasteiger partial charge in [0.1, 0.15) is 0 Å². The molecule has 6 nitrogen and oxygen atoms in total. The zero-order valence-electron chi connectivity index (χ0n) is 12.3. The first-order valence-electron chi connectivity index (χ1n) is 7.35. The molecule has 0 unspecified atom stereocenters. The highest BCUT2D eigenvalue weighted by atomic mass is 16.1. The second-order valence-corrected chi connectivity index (χ2v) is 5.47. The molecule has 0 atom stereocenters. The summed E-state index contributed by atoms with van der Waals surface area (Å²) in [5, 5.41) is 0. The highest BCUT2D eigenvalue weighted by molar-refractivity contribution is 5.51. The Bertz CT molecular complexity index is 639. The molecule has 0 aliphatic carbocycles. The van der Waals surface area contributed by atoms with Crippen molar-refractivity contribution in [2.45, 2.75) is 13.0 Å². The summed E-state index contributed by atoms with van der Waals surface area (Å²) in [6, 6.07) is 4.12. The lowest BCUT2D eigenvalue weighted by Gasteiger charge is -2.34. The number of hydrogen-bond acceptors (Lipinski definition) is 4. The van der Waals surface area contributed by atoms with Crippen molar-refractivity contribution < 1.29 is 0 Å². The van der Waals surface area contributed by atoms with Gasteiger partial charge in [-0.1, -0.05) is 0 Å². The number of pyridine rings is 1. The van der Waals surface area contributed by atoms with Crippen LogP contribution in [0.4, 0.5) is 5.69 Å². The predicted molar refractivity (Wildman–Crippen MR) is 82.7 cm³/mol. The molecule has 1 aliphatic rings. The molecule has 3 heterocycles. The maximum atomic E-state index is 11.5. The Kier molecular flexibility index (Phi) is 4.06. The molecule has 3 rings (SSSR count). The van der Waals surface area contributed by atoms with E-state index in [0.717, 1.165) is 38.3 Å². The standard InChI is InChI=1S/C15H21N5O/c1-18-9-11-19(12-10-18)14-3-2-5-16-13(14)4-7-20-8-6-17-15(20)21/h2-3,5-6,8H,4,7,9-12H2,1H3,(H,17,21). The minimum Gasteiger partial charge on any atom is -0.367 e. The van der Waals surface area contributed by atoms with Crippen LogP contribution in [-0.2, 0) is 13.0 Å². The van der Waals surface area contributed by atoms with Crippen LogP contribution in [0, 0.1) is 0 Å². The number of aromatic nitrogens is 3. The van der Waals surface area contributed by atoms with E-state index in [-0.39, 0.29) is 5.69 Å². The molecule has 1 saturated heterocycles. The second-order valence-electron chi connectivity index (χ2n) is 5.47. The molecule has 0 bridgehead atoms. The van der Waals surface area contributed by atoms with Crippen molar-refractivity contribution in [3.05, 3.63) is 46.9 Å². The molecule has 0 spiro atoms. The summed E-state index contributed by atoms with van der Waals surface area (Å²) in [6.07, 6.45) is 6.04. The van der Waals surface area contributed by atoms with Crippen LogP contribution in [0.5, 0.6) is 0 Å². The van der Waals surface area contributed by atoms with E-state index in [4.69, 9.17) is 0 Å². The highest BCUT2D eigenvalue weighted by Crippen LogP contribution is 2.20. The molecule has 6 heteroatoms. The van der Waals surface area contributed by atoms with Crippen molar-refractivity contribution in [1.29, 1.82) is 0 Å². The van der Waals surface area contributed by atoms with E-state index in [1.807, 2.05) is 12.3 Å². The average molecular weight is 287 g/mol. The van der Waals surface area contributed by atoms with Gasteiger partial charge in [-0.25, -0.2) is 4.79 Å². The van der Waals surface area contributed by atoms with E-state index in [1.54, 1.807) is 17.0 Å². The van der Waals surface area contributed by atoms with Crippen LogP contribution < -0.4 is 10.6 Å². The quantitative estimate of drug-likeness (QED) is 0.893. The first-order chi connectivity index (χ1) is 10.2. The van der Waals surface area contributed by atoms with Gasteiger partial charge in [-0.2, -0.15) is 0 Å². The van der Waals surface area contributed by atoms with E-state index in [9.17, 15) is 4.79 Å². The summed E-state index contributed by atoms with van der Waals surface area (Å²) in [5.41, 5.74) is 2.21. The van der Waals surface area contributed by atoms with Crippen LogP contribution in [0.3, 0.4) is 0 Å². The summed E-state index contributed by atoms with van der Waals surface area (Å²) in [6.45, 7) is 4.86. The molecule has 112 valence electrons. The fourth-order valence-corrected chi connectivity index (χ4v) is 2.71. The number of nitrogens with one attached hydrogen (secondary N) is 1. The number of likely N-dealkylation sites (N-methyl/N-ethyl adjacent to an activating group) is 1. The van der Waals surface area contributed by atoms with E-state index in [1.165, 1.54) is 5.69 Å². The minimum atomic E-state index is -0.0629. The normalized spacial score (nSPS) is 16.3. The van der Waals surface area contributed by atoms with Crippen molar-refractivity contribution in [3.63, 3.8) is 0 Å². The zero-order chi connectivity index (χ0) is 14.7. The maximum absolute atomic E-state index is 11.5. The predicted octanol–water partition coefficient (Wildman–Crippen LogP) is 0.566. The van der Waals surface area contributed by atoms with Gasteiger partial charge in [0.2, 0.25) is 0 Å². The molecule has 0 amide bonds. The monoisotopic (exact) mass is 287 g/mol. The van der Waals surface area contributed by atoms with Gasteiger partial charge in [-0.05, 0) is 19.2 Å². The van der Waals surface area contributed by atoms with E-state index < -0.39 is 0 Å². The molecule has 0 radical (unpaired) electrons. The average Bonchev–Trinajstić information content (AvgIpc) is 2.92. The Morgan fingerprint density at radius 3 is 2.81 bits per heavy atom. The second kappa shape index (κ2) is 6.13. The molecule has 2 aromatic heterocycles. The summed E-state index contributed by atoms with van der Waals surface area (Å²) < 4.78 is 1.68. The smallest absolute Gasteiger partial charge is 0.325 e. The Hall–Kier alpha value is -2.08. The number of hydrogen-bond donors (Lipinski definition) is 1. The third-order valence-corrected chi connectivity index (χ3v) is 4.02. The molecule has 2 aromatic rings. The number of imidazole rings is 1. The zero-order valence-corrected chi connectivity index (χ0v) is 12.3. The van der Waals surface area contributed by atoms with Crippen LogP contribution in [-0.4, -0.2) is 52.7 Å². The number of aryl methyl sites for hydroxylation is 2. The van der Waals surface area contributed by atoms with E-state index >= 15 is 0 Å². The number of piperazine rings is 1. The van der Waals surface area contributed by atoms with Gasteiger partial charge in [-0.3, -0.25) is 9.55 Å². The lowest BCUT2D eigenvalue weighted by Crippen LogP contribution is -2.44. The van der Waals surface area contributed by atoms with Gasteiger partial charge in [0.15, 0.2) is 0 Å². The molecular formula is C15H21N5O. The third-order valence-electron chi connectivity index (χ3n) is 4.02. The number of aromatic amines is 1. The molecule has 0 saturated carbocycles. The third kappa shape index (κ3) is 3.16. The van der Waals surface area contributed by atoms with Gasteiger partial charge in [-0.15, -0.1) is 0 Å². The van der Waals surface area contributed by atoms with Gasteiger partial charge in [0.05, 0.1) is 11.4 Å². The molecule has 1 aliphatic heterocycles. The molecular weight excluding hydrogens is 266 g/mol. The summed E-state index contributed by atoms with van der Waals surface area (Å²) in [5.74, 6) is 0. The van der Waals surface area contributed by atoms with Crippen molar-refractivity contribution in [2.75, 3.05) is 38.1 Å². The van der Waals surface area contributed by atoms with Gasteiger partial charge in [0.25, 0.3) is 0 Å². The van der Waals surface area contributed by atoms with Crippen molar-refractivity contribution in [2.24, 2.45) is 0 Å². The van der Waals surface area contributed by atoms with Crippen LogP contribution in [0.1, 0.15) is 5.69 Å². The first kappa shape index (κ1) is 13.9. The fourth-order valence-electron chi connectivity index (χ4n) is 2.71. The highest BCUT2D eigenvalue weighted by Gasteiger charge is 2.17. The summed E-state index contributed by atoms with van der Waals surface area (Å²) in [4.78, 5) is 23.4. The SMILES string of the molecule is CN1CCN(c2cccnc2CCn2cc[nH]c2=O)CC1. The van der Waals surface area contributed by atoms with Gasteiger partial charge in [0, 0.05) is 57.7 Å². The Balaban J connectivity index is 1.73. The maximum Gasteiger partial charge on any atom is 0.325 e. The summed E-state index contributed by atoms with van der Waals surface area (Å²) in [7, 11) is 2.15. The van der Waals surface area contributed by atoms with Gasteiger partial charge < -0.3 is 14.8 Å². The first-order valence-corrected chi connectivity index (χ1v) is 7.35. The van der Waals surface area contributed by atoms with E-state index in [2.05, 4.69) is 32.9 Å². The van der Waals surface area contributed by atoms with Crippen LogP contribution in [0.25, 0.3) is 0 Å². The number of H-pyrrole nitrogens is 1. The van der Waals surface area contributed by atoms with Crippen molar-refractivity contribution in [1.82, 2.24) is 19.4 Å². The number of nitrogens with zero attached hydrogens (tertiary/aromatic N) is 4. The fraction of sp³-hybridized carbons (Fsp3) is 0.467. The Labute approximate surface area is 124 Å². The molecule has 1 fully saturated rings. The topological polar surface area (TPSA) is 57.2 Å². The summed E-state index contributed by atoms with van der Waals surface area (Å²) >= 11 is 0.